The predicted molar refractivity (Wildman–Crippen MR) is 77.0 cm³/mol. The van der Waals surface area contributed by atoms with Gasteiger partial charge in [-0.3, -0.25) is 4.79 Å². The minimum Gasteiger partial charge on any atom is -0.338 e. The van der Waals surface area contributed by atoms with Crippen molar-refractivity contribution in [1.29, 1.82) is 0 Å². The molecule has 2 rings (SSSR count). The molecule has 1 amide bonds. The molecule has 1 aliphatic heterocycles. The van der Waals surface area contributed by atoms with Crippen LogP contribution in [0.25, 0.3) is 0 Å². The smallest absolute Gasteiger partial charge is 0.254 e. The average molecular weight is 394 g/mol. The summed E-state index contributed by atoms with van der Waals surface area (Å²) in [7, 11) is 0. The van der Waals surface area contributed by atoms with E-state index in [1.807, 2.05) is 29.2 Å². The predicted octanol–water partition coefficient (Wildman–Crippen LogP) is 3.15. The molecular weight excluding hydrogens is 381 g/mol. The van der Waals surface area contributed by atoms with E-state index in [0.717, 1.165) is 34.0 Å². The van der Waals surface area contributed by atoms with Crippen LogP contribution in [-0.4, -0.2) is 29.2 Å². The monoisotopic (exact) mass is 393 g/mol. The SMILES string of the molecule is O=C(c1ccccc1I)N1CCC(CBr)C1. The first-order valence-corrected chi connectivity index (χ1v) is 7.52. The molecule has 0 aliphatic carbocycles. The zero-order chi connectivity index (χ0) is 11.5. The van der Waals surface area contributed by atoms with Gasteiger partial charge in [-0.1, -0.05) is 28.1 Å². The van der Waals surface area contributed by atoms with Gasteiger partial charge in [-0.15, -0.1) is 0 Å². The summed E-state index contributed by atoms with van der Waals surface area (Å²) in [4.78, 5) is 14.2. The van der Waals surface area contributed by atoms with E-state index in [9.17, 15) is 4.79 Å². The standard InChI is InChI=1S/C12H13BrINO/c13-7-9-5-6-15(8-9)12(16)10-3-1-2-4-11(10)14/h1-4,9H,5-8H2. The number of amides is 1. The van der Waals surface area contributed by atoms with E-state index in [-0.39, 0.29) is 5.91 Å². The third kappa shape index (κ3) is 2.59. The van der Waals surface area contributed by atoms with Crippen LogP contribution < -0.4 is 0 Å². The van der Waals surface area contributed by atoms with Gasteiger partial charge in [0.1, 0.15) is 0 Å². The molecule has 1 fully saturated rings. The molecular formula is C12H13BrINO. The first-order valence-electron chi connectivity index (χ1n) is 5.32. The van der Waals surface area contributed by atoms with Crippen LogP contribution in [-0.2, 0) is 0 Å². The summed E-state index contributed by atoms with van der Waals surface area (Å²) in [6.07, 6.45) is 1.11. The highest BCUT2D eigenvalue weighted by molar-refractivity contribution is 14.1. The molecule has 0 radical (unpaired) electrons. The van der Waals surface area contributed by atoms with E-state index in [2.05, 4.69) is 38.5 Å². The van der Waals surface area contributed by atoms with Crippen LogP contribution in [0.3, 0.4) is 0 Å². The Morgan fingerprint density at radius 2 is 2.25 bits per heavy atom. The van der Waals surface area contributed by atoms with Crippen molar-refractivity contribution in [3.8, 4) is 0 Å². The largest absolute Gasteiger partial charge is 0.338 e. The molecule has 0 saturated carbocycles. The van der Waals surface area contributed by atoms with E-state index in [0.29, 0.717) is 5.92 Å². The minimum atomic E-state index is 0.174. The molecule has 4 heteroatoms. The maximum absolute atomic E-state index is 12.2. The van der Waals surface area contributed by atoms with Gasteiger partial charge >= 0.3 is 0 Å². The highest BCUT2D eigenvalue weighted by Crippen LogP contribution is 2.22. The molecule has 0 aromatic heterocycles. The van der Waals surface area contributed by atoms with Gasteiger partial charge in [0.15, 0.2) is 0 Å². The van der Waals surface area contributed by atoms with Crippen LogP contribution >= 0.6 is 38.5 Å². The number of carbonyl (C=O) groups is 1. The second-order valence-electron chi connectivity index (χ2n) is 4.04. The summed E-state index contributed by atoms with van der Waals surface area (Å²) >= 11 is 5.70. The van der Waals surface area contributed by atoms with Crippen LogP contribution in [0.15, 0.2) is 24.3 Å². The summed E-state index contributed by atoms with van der Waals surface area (Å²) in [5.74, 6) is 0.791. The summed E-state index contributed by atoms with van der Waals surface area (Å²) < 4.78 is 1.03. The molecule has 1 saturated heterocycles. The van der Waals surface area contributed by atoms with E-state index >= 15 is 0 Å². The van der Waals surface area contributed by atoms with Crippen molar-refractivity contribution in [3.05, 3.63) is 33.4 Å². The lowest BCUT2D eigenvalue weighted by Gasteiger charge is -2.16. The lowest BCUT2D eigenvalue weighted by molar-refractivity contribution is 0.0787. The first-order chi connectivity index (χ1) is 7.72. The van der Waals surface area contributed by atoms with Crippen LogP contribution in [0.1, 0.15) is 16.8 Å². The van der Waals surface area contributed by atoms with Gasteiger partial charge < -0.3 is 4.90 Å². The lowest BCUT2D eigenvalue weighted by atomic mass is 10.2. The maximum atomic E-state index is 12.2. The van der Waals surface area contributed by atoms with E-state index in [1.165, 1.54) is 0 Å². The molecule has 0 spiro atoms. The fraction of sp³-hybridized carbons (Fsp3) is 0.417. The highest BCUT2D eigenvalue weighted by Gasteiger charge is 2.26. The van der Waals surface area contributed by atoms with Gasteiger partial charge in [-0.2, -0.15) is 0 Å². The molecule has 2 nitrogen and oxygen atoms in total. The number of halogens is 2. The normalized spacial score (nSPS) is 20.1. The maximum Gasteiger partial charge on any atom is 0.254 e. The third-order valence-electron chi connectivity index (χ3n) is 2.90. The van der Waals surface area contributed by atoms with Crippen LogP contribution in [0.5, 0.6) is 0 Å². The van der Waals surface area contributed by atoms with Crippen molar-refractivity contribution in [1.82, 2.24) is 4.90 Å². The number of benzene rings is 1. The number of likely N-dealkylation sites (tertiary alicyclic amines) is 1. The molecule has 1 aromatic carbocycles. The Balaban J connectivity index is 2.12. The number of rotatable bonds is 2. The molecule has 1 unspecified atom stereocenters. The fourth-order valence-electron chi connectivity index (χ4n) is 1.95. The molecule has 1 aromatic rings. The van der Waals surface area contributed by atoms with Gasteiger partial charge in [0, 0.05) is 22.0 Å². The third-order valence-corrected chi connectivity index (χ3v) is 4.75. The van der Waals surface area contributed by atoms with Crippen LogP contribution in [0, 0.1) is 9.49 Å². The van der Waals surface area contributed by atoms with E-state index in [4.69, 9.17) is 0 Å². The van der Waals surface area contributed by atoms with Crippen molar-refractivity contribution < 1.29 is 4.79 Å². The van der Waals surface area contributed by atoms with Gasteiger partial charge in [0.2, 0.25) is 0 Å². The molecule has 86 valence electrons. The van der Waals surface area contributed by atoms with Crippen molar-refractivity contribution in [2.24, 2.45) is 5.92 Å². The zero-order valence-corrected chi connectivity index (χ0v) is 12.6. The quantitative estimate of drug-likeness (QED) is 0.558. The molecule has 0 N–H and O–H groups in total. The zero-order valence-electron chi connectivity index (χ0n) is 8.83. The lowest BCUT2D eigenvalue weighted by Crippen LogP contribution is -2.29. The van der Waals surface area contributed by atoms with Gasteiger partial charge in [0.05, 0.1) is 5.56 Å². The number of alkyl halides is 1. The Labute approximate surface area is 118 Å². The summed E-state index contributed by atoms with van der Waals surface area (Å²) in [6.45, 7) is 1.77. The molecule has 1 heterocycles. The van der Waals surface area contributed by atoms with Crippen molar-refractivity contribution in [2.75, 3.05) is 18.4 Å². The van der Waals surface area contributed by atoms with E-state index < -0.39 is 0 Å². The van der Waals surface area contributed by atoms with E-state index in [1.54, 1.807) is 0 Å². The van der Waals surface area contributed by atoms with Crippen molar-refractivity contribution >= 4 is 44.4 Å². The Hall–Kier alpha value is -0.100. The first kappa shape index (κ1) is 12.4. The Morgan fingerprint density at radius 1 is 1.50 bits per heavy atom. The van der Waals surface area contributed by atoms with Gasteiger partial charge in [0.25, 0.3) is 5.91 Å². The summed E-state index contributed by atoms with van der Waals surface area (Å²) in [6, 6.07) is 7.77. The summed E-state index contributed by atoms with van der Waals surface area (Å²) in [5, 5.41) is 0.989. The van der Waals surface area contributed by atoms with Crippen LogP contribution in [0.2, 0.25) is 0 Å². The van der Waals surface area contributed by atoms with Crippen molar-refractivity contribution in [2.45, 2.75) is 6.42 Å². The average Bonchev–Trinajstić information content (AvgIpc) is 2.77. The minimum absolute atomic E-state index is 0.174. The molecule has 0 bridgehead atoms. The fourth-order valence-corrected chi connectivity index (χ4v) is 3.09. The number of nitrogens with zero attached hydrogens (tertiary/aromatic N) is 1. The topological polar surface area (TPSA) is 20.3 Å². The molecule has 16 heavy (non-hydrogen) atoms. The Bertz CT molecular complexity index is 396. The Morgan fingerprint density at radius 3 is 2.88 bits per heavy atom. The Kier molecular flexibility index (Phi) is 4.24. The number of carbonyl (C=O) groups excluding carboxylic acids is 1. The molecule has 1 aliphatic rings. The second kappa shape index (κ2) is 5.49. The number of hydrogen-bond acceptors (Lipinski definition) is 1. The second-order valence-corrected chi connectivity index (χ2v) is 5.85. The number of hydrogen-bond donors (Lipinski definition) is 0. The van der Waals surface area contributed by atoms with Crippen molar-refractivity contribution in [3.63, 3.8) is 0 Å². The highest BCUT2D eigenvalue weighted by atomic mass is 127. The summed E-state index contributed by atoms with van der Waals surface area (Å²) in [5.41, 5.74) is 0.832. The van der Waals surface area contributed by atoms with Gasteiger partial charge in [-0.05, 0) is 47.1 Å². The van der Waals surface area contributed by atoms with Gasteiger partial charge in [-0.25, -0.2) is 0 Å². The van der Waals surface area contributed by atoms with Crippen LogP contribution in [0.4, 0.5) is 0 Å². The molecule has 1 atom stereocenters.